The van der Waals surface area contributed by atoms with Gasteiger partial charge in [-0.05, 0) is 35.9 Å². The van der Waals surface area contributed by atoms with Gasteiger partial charge in [-0.3, -0.25) is 19.6 Å². The summed E-state index contributed by atoms with van der Waals surface area (Å²) in [5.74, 6) is -0.747. The quantitative estimate of drug-likeness (QED) is 0.725. The van der Waals surface area contributed by atoms with Crippen LogP contribution in [0.2, 0.25) is 5.02 Å². The third-order valence-electron chi connectivity index (χ3n) is 3.55. The molecule has 0 aliphatic rings. The Bertz CT molecular complexity index is 932. The highest BCUT2D eigenvalue weighted by atomic mass is 35.5. The van der Waals surface area contributed by atoms with Gasteiger partial charge < -0.3 is 10.6 Å². The number of amides is 2. The Labute approximate surface area is 155 Å². The highest BCUT2D eigenvalue weighted by Gasteiger charge is 2.13. The van der Waals surface area contributed by atoms with Crippen LogP contribution in [0, 0.1) is 0 Å². The summed E-state index contributed by atoms with van der Waals surface area (Å²) in [4.78, 5) is 32.7. The third-order valence-corrected chi connectivity index (χ3v) is 3.88. The molecule has 0 aliphatic heterocycles. The van der Waals surface area contributed by atoms with E-state index >= 15 is 0 Å². The third kappa shape index (κ3) is 4.43. The van der Waals surface area contributed by atoms with E-state index in [1.54, 1.807) is 42.7 Å². The second kappa shape index (κ2) is 8.22. The van der Waals surface area contributed by atoms with Gasteiger partial charge in [-0.2, -0.15) is 0 Å². The molecule has 2 aromatic heterocycles. The molecule has 26 heavy (non-hydrogen) atoms. The fourth-order valence-corrected chi connectivity index (χ4v) is 2.41. The molecule has 0 spiro atoms. The first kappa shape index (κ1) is 17.6. The number of anilines is 1. The van der Waals surface area contributed by atoms with Crippen LogP contribution in [0.1, 0.15) is 26.4 Å². The van der Waals surface area contributed by atoms with Crippen LogP contribution in [-0.2, 0) is 6.54 Å². The lowest BCUT2D eigenvalue weighted by molar-refractivity contribution is 0.0946. The van der Waals surface area contributed by atoms with Crippen molar-refractivity contribution < 1.29 is 9.59 Å². The minimum atomic E-state index is -0.374. The summed E-state index contributed by atoms with van der Waals surface area (Å²) >= 11 is 6.04. The normalized spacial score (nSPS) is 10.2. The number of carbonyl (C=O) groups excluding carboxylic acids is 2. The zero-order valence-electron chi connectivity index (χ0n) is 13.6. The molecule has 0 bridgehead atoms. The molecule has 2 heterocycles. The molecule has 130 valence electrons. The van der Waals surface area contributed by atoms with Crippen LogP contribution >= 0.6 is 11.6 Å². The number of aromatic nitrogens is 2. The molecule has 1 aromatic carbocycles. The number of nitrogens with one attached hydrogen (secondary N) is 2. The van der Waals surface area contributed by atoms with Crippen molar-refractivity contribution in [1.29, 1.82) is 0 Å². The van der Waals surface area contributed by atoms with Crippen molar-refractivity contribution in [2.24, 2.45) is 0 Å². The van der Waals surface area contributed by atoms with Crippen LogP contribution in [0.25, 0.3) is 0 Å². The zero-order valence-corrected chi connectivity index (χ0v) is 14.4. The summed E-state index contributed by atoms with van der Waals surface area (Å²) < 4.78 is 0. The highest BCUT2D eigenvalue weighted by molar-refractivity contribution is 6.33. The molecule has 2 amide bonds. The van der Waals surface area contributed by atoms with E-state index in [2.05, 4.69) is 20.6 Å². The Balaban J connectivity index is 1.68. The van der Waals surface area contributed by atoms with Gasteiger partial charge in [0, 0.05) is 30.7 Å². The van der Waals surface area contributed by atoms with Crippen molar-refractivity contribution in [2.75, 3.05) is 5.32 Å². The van der Waals surface area contributed by atoms with Gasteiger partial charge in [-0.1, -0.05) is 29.8 Å². The molecule has 0 fully saturated rings. The zero-order chi connectivity index (χ0) is 18.4. The molecule has 3 aromatic rings. The number of benzene rings is 1. The minimum Gasteiger partial charge on any atom is -0.347 e. The molecular weight excluding hydrogens is 352 g/mol. The van der Waals surface area contributed by atoms with Crippen molar-refractivity contribution in [2.45, 2.75) is 6.54 Å². The number of para-hydroxylation sites is 1. The van der Waals surface area contributed by atoms with Gasteiger partial charge in [0.05, 0.1) is 10.7 Å². The first-order valence-corrected chi connectivity index (χ1v) is 8.20. The van der Waals surface area contributed by atoms with Gasteiger partial charge in [-0.15, -0.1) is 0 Å². The van der Waals surface area contributed by atoms with Gasteiger partial charge in [0.2, 0.25) is 0 Å². The number of pyridine rings is 2. The van der Waals surface area contributed by atoms with E-state index in [-0.39, 0.29) is 17.5 Å². The van der Waals surface area contributed by atoms with Crippen molar-refractivity contribution in [3.63, 3.8) is 0 Å². The topological polar surface area (TPSA) is 84.0 Å². The number of carbonyl (C=O) groups is 2. The van der Waals surface area contributed by atoms with Gasteiger partial charge >= 0.3 is 0 Å². The van der Waals surface area contributed by atoms with Gasteiger partial charge in [-0.25, -0.2) is 0 Å². The van der Waals surface area contributed by atoms with Crippen molar-refractivity contribution in [1.82, 2.24) is 15.3 Å². The summed E-state index contributed by atoms with van der Waals surface area (Å²) in [6.07, 6.45) is 4.75. The maximum absolute atomic E-state index is 12.4. The summed E-state index contributed by atoms with van der Waals surface area (Å²) in [6.45, 7) is 0.324. The Kier molecular flexibility index (Phi) is 5.56. The van der Waals surface area contributed by atoms with Crippen LogP contribution in [0.5, 0.6) is 0 Å². The number of hydrogen-bond donors (Lipinski definition) is 2. The summed E-state index contributed by atoms with van der Waals surface area (Å²) in [7, 11) is 0. The summed E-state index contributed by atoms with van der Waals surface area (Å²) in [5.41, 5.74) is 1.83. The van der Waals surface area contributed by atoms with Crippen LogP contribution in [0.3, 0.4) is 0 Å². The predicted octanol–water partition coefficient (Wildman–Crippen LogP) is 3.31. The molecule has 0 unspecified atom stereocenters. The van der Waals surface area contributed by atoms with Gasteiger partial charge in [0.1, 0.15) is 5.69 Å². The van der Waals surface area contributed by atoms with E-state index in [0.717, 1.165) is 5.56 Å². The molecule has 0 atom stereocenters. The minimum absolute atomic E-state index is 0.153. The fraction of sp³-hybridized carbons (Fsp3) is 0.0526. The summed E-state index contributed by atoms with van der Waals surface area (Å²) in [5, 5.41) is 5.89. The van der Waals surface area contributed by atoms with Crippen LogP contribution in [0.15, 0.2) is 67.1 Å². The van der Waals surface area contributed by atoms with E-state index in [0.29, 0.717) is 22.8 Å². The van der Waals surface area contributed by atoms with E-state index < -0.39 is 0 Å². The number of nitrogens with zero attached hydrogens (tertiary/aromatic N) is 2. The number of hydrogen-bond acceptors (Lipinski definition) is 4. The van der Waals surface area contributed by atoms with Crippen LogP contribution in [0.4, 0.5) is 5.69 Å². The molecule has 3 rings (SSSR count). The smallest absolute Gasteiger partial charge is 0.270 e. The van der Waals surface area contributed by atoms with Crippen LogP contribution in [-0.4, -0.2) is 21.8 Å². The molecule has 0 saturated carbocycles. The lowest BCUT2D eigenvalue weighted by atomic mass is 10.2. The molecule has 0 radical (unpaired) electrons. The lowest BCUT2D eigenvalue weighted by Gasteiger charge is -2.08. The number of rotatable bonds is 5. The van der Waals surface area contributed by atoms with Gasteiger partial charge in [0.25, 0.3) is 11.8 Å². The SMILES string of the molecule is O=C(Nc1ccccc1Cl)c1ccnc(C(=O)NCc2cccnc2)c1. The Morgan fingerprint density at radius 2 is 1.85 bits per heavy atom. The average molecular weight is 367 g/mol. The standard InChI is InChI=1S/C19H15ClN4O2/c20-15-5-1-2-6-16(15)24-18(25)14-7-9-22-17(10-14)19(26)23-12-13-4-3-8-21-11-13/h1-11H,12H2,(H,23,26)(H,24,25). The maximum atomic E-state index is 12.4. The highest BCUT2D eigenvalue weighted by Crippen LogP contribution is 2.21. The number of halogens is 1. The van der Waals surface area contributed by atoms with Crippen LogP contribution < -0.4 is 10.6 Å². The second-order valence-electron chi connectivity index (χ2n) is 5.41. The van der Waals surface area contributed by atoms with Crippen molar-refractivity contribution in [3.8, 4) is 0 Å². The van der Waals surface area contributed by atoms with E-state index in [1.165, 1.54) is 18.3 Å². The first-order valence-electron chi connectivity index (χ1n) is 7.82. The Morgan fingerprint density at radius 3 is 2.62 bits per heavy atom. The summed E-state index contributed by atoms with van der Waals surface area (Å²) in [6, 6.07) is 13.5. The van der Waals surface area contributed by atoms with E-state index in [9.17, 15) is 9.59 Å². The average Bonchev–Trinajstić information content (AvgIpc) is 2.69. The largest absolute Gasteiger partial charge is 0.347 e. The molecule has 0 saturated heterocycles. The Hall–Kier alpha value is -3.25. The first-order chi connectivity index (χ1) is 12.6. The predicted molar refractivity (Wildman–Crippen MR) is 99.0 cm³/mol. The van der Waals surface area contributed by atoms with Gasteiger partial charge in [0.15, 0.2) is 0 Å². The lowest BCUT2D eigenvalue weighted by Crippen LogP contribution is -2.24. The molecule has 2 N–H and O–H groups in total. The fourth-order valence-electron chi connectivity index (χ4n) is 2.23. The Morgan fingerprint density at radius 1 is 1.00 bits per heavy atom. The van der Waals surface area contributed by atoms with Crippen molar-refractivity contribution in [3.05, 3.63) is 89.0 Å². The monoisotopic (exact) mass is 366 g/mol. The van der Waals surface area contributed by atoms with E-state index in [1.807, 2.05) is 6.07 Å². The molecule has 0 aliphatic carbocycles. The molecule has 7 heteroatoms. The maximum Gasteiger partial charge on any atom is 0.270 e. The molecule has 6 nitrogen and oxygen atoms in total. The molecular formula is C19H15ClN4O2. The van der Waals surface area contributed by atoms with Crippen molar-refractivity contribution >= 4 is 29.1 Å². The second-order valence-corrected chi connectivity index (χ2v) is 5.81. The van der Waals surface area contributed by atoms with E-state index in [4.69, 9.17) is 11.6 Å².